The molecule has 0 spiro atoms. The highest BCUT2D eigenvalue weighted by Gasteiger charge is 2.50. The fourth-order valence-electron chi connectivity index (χ4n) is 3.49. The molecule has 0 amide bonds. The first-order valence-corrected chi connectivity index (χ1v) is 7.10. The minimum Gasteiger partial charge on any atom is -0.381 e. The third kappa shape index (κ3) is 3.07. The molecule has 0 bridgehead atoms. The lowest BCUT2D eigenvalue weighted by Crippen LogP contribution is -2.63. The van der Waals surface area contributed by atoms with E-state index in [2.05, 4.69) is 19.2 Å². The molecule has 0 aromatic carbocycles. The number of alkyl halides is 3. The molecule has 5 heteroatoms. The lowest BCUT2D eigenvalue weighted by molar-refractivity contribution is -0.185. The maximum absolute atomic E-state index is 12.8. The summed E-state index contributed by atoms with van der Waals surface area (Å²) in [6.07, 6.45) is -0.878. The van der Waals surface area contributed by atoms with Crippen LogP contribution in [0.3, 0.4) is 0 Å². The Morgan fingerprint density at radius 3 is 2.37 bits per heavy atom. The molecule has 0 radical (unpaired) electrons. The first-order chi connectivity index (χ1) is 8.75. The topological polar surface area (TPSA) is 21.3 Å². The Balaban J connectivity index is 1.87. The van der Waals surface area contributed by atoms with Gasteiger partial charge in [0.2, 0.25) is 0 Å². The smallest absolute Gasteiger partial charge is 0.381 e. The average Bonchev–Trinajstić information content (AvgIpc) is 2.33. The van der Waals surface area contributed by atoms with Gasteiger partial charge in [-0.1, -0.05) is 20.3 Å². The van der Waals surface area contributed by atoms with Crippen LogP contribution in [0.25, 0.3) is 0 Å². The van der Waals surface area contributed by atoms with Crippen LogP contribution in [-0.4, -0.2) is 31.5 Å². The standard InChI is InChI=1S/C14H24F3NO/c1-13(2)11(8-12(13)19-3)18-10-6-4-5-9(7-10)14(15,16)17/h9-12,18H,4-8H2,1-3H3. The van der Waals surface area contributed by atoms with Crippen LogP contribution in [0.4, 0.5) is 13.2 Å². The molecular weight excluding hydrogens is 255 g/mol. The molecule has 112 valence electrons. The summed E-state index contributed by atoms with van der Waals surface area (Å²) >= 11 is 0. The van der Waals surface area contributed by atoms with Crippen molar-refractivity contribution in [2.24, 2.45) is 11.3 Å². The van der Waals surface area contributed by atoms with Gasteiger partial charge in [-0.05, 0) is 25.7 Å². The summed E-state index contributed by atoms with van der Waals surface area (Å²) < 4.78 is 43.7. The number of nitrogens with one attached hydrogen (secondary N) is 1. The van der Waals surface area contributed by atoms with E-state index < -0.39 is 12.1 Å². The molecule has 2 saturated carbocycles. The van der Waals surface area contributed by atoms with Crippen LogP contribution < -0.4 is 5.32 Å². The van der Waals surface area contributed by atoms with E-state index in [9.17, 15) is 13.2 Å². The highest BCUT2D eigenvalue weighted by molar-refractivity contribution is 5.04. The van der Waals surface area contributed by atoms with Gasteiger partial charge in [0.25, 0.3) is 0 Å². The first-order valence-electron chi connectivity index (χ1n) is 7.10. The molecule has 1 N–H and O–H groups in total. The molecule has 0 aromatic rings. The number of methoxy groups -OCH3 is 1. The predicted octanol–water partition coefficient (Wildman–Crippen LogP) is 3.51. The summed E-state index contributed by atoms with van der Waals surface area (Å²) in [5.74, 6) is -1.12. The Labute approximate surface area is 113 Å². The molecule has 4 unspecified atom stereocenters. The number of ether oxygens (including phenoxy) is 1. The molecule has 19 heavy (non-hydrogen) atoms. The Morgan fingerprint density at radius 1 is 1.16 bits per heavy atom. The van der Waals surface area contributed by atoms with Gasteiger partial charge in [-0.25, -0.2) is 0 Å². The Morgan fingerprint density at radius 2 is 1.84 bits per heavy atom. The SMILES string of the molecule is COC1CC(NC2CCCC(C(F)(F)F)C2)C1(C)C. The highest BCUT2D eigenvalue weighted by atomic mass is 19.4. The van der Waals surface area contributed by atoms with E-state index in [1.807, 2.05) is 0 Å². The van der Waals surface area contributed by atoms with E-state index in [1.54, 1.807) is 7.11 Å². The van der Waals surface area contributed by atoms with E-state index >= 15 is 0 Å². The van der Waals surface area contributed by atoms with Gasteiger partial charge in [0.1, 0.15) is 0 Å². The summed E-state index contributed by atoms with van der Waals surface area (Å²) in [5.41, 5.74) is 0.0138. The van der Waals surface area contributed by atoms with Gasteiger partial charge in [-0.2, -0.15) is 13.2 Å². The van der Waals surface area contributed by atoms with Crippen molar-refractivity contribution in [1.82, 2.24) is 5.32 Å². The predicted molar refractivity (Wildman–Crippen MR) is 67.9 cm³/mol. The van der Waals surface area contributed by atoms with Crippen molar-refractivity contribution in [3.05, 3.63) is 0 Å². The molecule has 0 saturated heterocycles. The van der Waals surface area contributed by atoms with Crippen LogP contribution in [0.15, 0.2) is 0 Å². The molecule has 0 aromatic heterocycles. The van der Waals surface area contributed by atoms with E-state index in [0.717, 1.165) is 12.8 Å². The quantitative estimate of drug-likeness (QED) is 0.853. The summed E-state index contributed by atoms with van der Waals surface area (Å²) in [6, 6.07) is 0.275. The fraction of sp³-hybridized carbons (Fsp3) is 1.00. The van der Waals surface area contributed by atoms with Crippen LogP contribution in [0.1, 0.15) is 46.0 Å². The Kier molecular flexibility index (Phi) is 4.17. The molecule has 4 atom stereocenters. The highest BCUT2D eigenvalue weighted by Crippen LogP contribution is 2.44. The minimum atomic E-state index is -4.04. The zero-order chi connectivity index (χ0) is 14.3. The van der Waals surface area contributed by atoms with Gasteiger partial charge >= 0.3 is 6.18 Å². The first kappa shape index (κ1) is 15.1. The Hall–Kier alpha value is -0.290. The average molecular weight is 279 g/mol. The van der Waals surface area contributed by atoms with Crippen molar-refractivity contribution in [2.45, 2.75) is 70.3 Å². The van der Waals surface area contributed by atoms with Crippen LogP contribution in [0.2, 0.25) is 0 Å². The fourth-order valence-corrected chi connectivity index (χ4v) is 3.49. The van der Waals surface area contributed by atoms with E-state index in [0.29, 0.717) is 6.42 Å². The molecule has 2 aliphatic rings. The molecule has 2 fully saturated rings. The maximum atomic E-state index is 12.8. The van der Waals surface area contributed by atoms with Crippen molar-refractivity contribution in [2.75, 3.05) is 7.11 Å². The van der Waals surface area contributed by atoms with Crippen LogP contribution in [-0.2, 0) is 4.74 Å². The number of hydrogen-bond acceptors (Lipinski definition) is 2. The summed E-state index contributed by atoms with van der Waals surface area (Å²) in [5, 5.41) is 3.43. The molecule has 2 rings (SSSR count). The third-order valence-corrected chi connectivity index (χ3v) is 5.04. The van der Waals surface area contributed by atoms with E-state index in [4.69, 9.17) is 4.74 Å². The van der Waals surface area contributed by atoms with Crippen molar-refractivity contribution >= 4 is 0 Å². The van der Waals surface area contributed by atoms with Gasteiger partial charge in [-0.3, -0.25) is 0 Å². The lowest BCUT2D eigenvalue weighted by Gasteiger charge is -2.53. The molecule has 0 heterocycles. The molecular formula is C14H24F3NO. The van der Waals surface area contributed by atoms with Crippen molar-refractivity contribution in [3.63, 3.8) is 0 Å². The van der Waals surface area contributed by atoms with Crippen LogP contribution >= 0.6 is 0 Å². The summed E-state index contributed by atoms with van der Waals surface area (Å²) in [7, 11) is 1.70. The molecule has 2 nitrogen and oxygen atoms in total. The number of rotatable bonds is 3. The van der Waals surface area contributed by atoms with Gasteiger partial charge in [-0.15, -0.1) is 0 Å². The van der Waals surface area contributed by atoms with Crippen molar-refractivity contribution < 1.29 is 17.9 Å². The van der Waals surface area contributed by atoms with Gasteiger partial charge in [0.05, 0.1) is 12.0 Å². The maximum Gasteiger partial charge on any atom is 0.391 e. The molecule has 0 aliphatic heterocycles. The second-order valence-electron chi connectivity index (χ2n) is 6.60. The normalized spacial score (nSPS) is 38.8. The van der Waals surface area contributed by atoms with E-state index in [-0.39, 0.29) is 36.4 Å². The zero-order valence-electron chi connectivity index (χ0n) is 11.9. The molecule has 2 aliphatic carbocycles. The minimum absolute atomic E-state index is 0.00227. The Bertz CT molecular complexity index is 316. The van der Waals surface area contributed by atoms with Gasteiger partial charge in [0.15, 0.2) is 0 Å². The summed E-state index contributed by atoms with van der Waals surface area (Å²) in [6.45, 7) is 4.23. The second-order valence-corrected chi connectivity index (χ2v) is 6.60. The van der Waals surface area contributed by atoms with Gasteiger partial charge in [0, 0.05) is 24.6 Å². The van der Waals surface area contributed by atoms with Crippen LogP contribution in [0.5, 0.6) is 0 Å². The van der Waals surface area contributed by atoms with E-state index in [1.165, 1.54) is 0 Å². The van der Waals surface area contributed by atoms with Crippen molar-refractivity contribution in [1.29, 1.82) is 0 Å². The number of halogens is 3. The van der Waals surface area contributed by atoms with Gasteiger partial charge < -0.3 is 10.1 Å². The monoisotopic (exact) mass is 279 g/mol. The summed E-state index contributed by atoms with van der Waals surface area (Å²) in [4.78, 5) is 0. The zero-order valence-corrected chi connectivity index (χ0v) is 11.9. The van der Waals surface area contributed by atoms with Crippen LogP contribution in [0, 0.1) is 11.3 Å². The number of hydrogen-bond donors (Lipinski definition) is 1. The lowest BCUT2D eigenvalue weighted by atomic mass is 9.64. The van der Waals surface area contributed by atoms with Crippen molar-refractivity contribution in [3.8, 4) is 0 Å². The largest absolute Gasteiger partial charge is 0.391 e. The second kappa shape index (κ2) is 5.24. The third-order valence-electron chi connectivity index (χ3n) is 5.04.